The van der Waals surface area contributed by atoms with Crippen molar-refractivity contribution in [2.45, 2.75) is 19.8 Å². The van der Waals surface area contributed by atoms with Gasteiger partial charge in [0.1, 0.15) is 6.61 Å². The highest BCUT2D eigenvalue weighted by Gasteiger charge is 2.19. The second-order valence-corrected chi connectivity index (χ2v) is 5.74. The van der Waals surface area contributed by atoms with Crippen LogP contribution in [0.2, 0.25) is 0 Å². The van der Waals surface area contributed by atoms with Gasteiger partial charge in [0.05, 0.1) is 20.8 Å². The Balaban J connectivity index is 1.76. The summed E-state index contributed by atoms with van der Waals surface area (Å²) in [6.07, 6.45) is 2.15. The summed E-state index contributed by atoms with van der Waals surface area (Å²) in [5, 5.41) is 2.89. The lowest BCUT2D eigenvalue weighted by Gasteiger charge is -2.30. The van der Waals surface area contributed by atoms with E-state index in [2.05, 4.69) is 12.2 Å². The minimum absolute atomic E-state index is 0.0156. The molecule has 1 heterocycles. The lowest BCUT2D eigenvalue weighted by molar-refractivity contribution is 0.171. The zero-order valence-electron chi connectivity index (χ0n) is 14.1. The van der Waals surface area contributed by atoms with Crippen molar-refractivity contribution in [1.82, 2.24) is 10.2 Å². The summed E-state index contributed by atoms with van der Waals surface area (Å²) in [6.45, 7) is 4.71. The summed E-state index contributed by atoms with van der Waals surface area (Å²) in [4.78, 5) is 13.9. The third-order valence-electron chi connectivity index (χ3n) is 4.07. The Bertz CT molecular complexity index is 513. The number of carbonyl (C=O) groups excluding carboxylic acids is 1. The molecule has 1 aromatic rings. The van der Waals surface area contributed by atoms with Gasteiger partial charge in [0.2, 0.25) is 5.75 Å². The van der Waals surface area contributed by atoms with Gasteiger partial charge in [-0.15, -0.1) is 0 Å². The van der Waals surface area contributed by atoms with Gasteiger partial charge in [0.15, 0.2) is 11.5 Å². The van der Waals surface area contributed by atoms with Gasteiger partial charge in [-0.05, 0) is 30.9 Å². The van der Waals surface area contributed by atoms with Gasteiger partial charge in [-0.2, -0.15) is 0 Å². The van der Waals surface area contributed by atoms with Gasteiger partial charge in [-0.25, -0.2) is 4.79 Å². The van der Waals surface area contributed by atoms with E-state index < -0.39 is 0 Å². The normalized spacial score (nSPS) is 15.2. The average molecular weight is 322 g/mol. The molecule has 6 nitrogen and oxygen atoms in total. The van der Waals surface area contributed by atoms with Crippen molar-refractivity contribution in [1.29, 1.82) is 0 Å². The maximum Gasteiger partial charge on any atom is 0.317 e. The van der Waals surface area contributed by atoms with Crippen LogP contribution in [0.1, 0.15) is 19.8 Å². The summed E-state index contributed by atoms with van der Waals surface area (Å²) < 4.78 is 16.2. The molecule has 0 unspecified atom stereocenters. The van der Waals surface area contributed by atoms with Crippen LogP contribution in [0.4, 0.5) is 4.79 Å². The van der Waals surface area contributed by atoms with Gasteiger partial charge >= 0.3 is 6.03 Å². The maximum absolute atomic E-state index is 12.1. The largest absolute Gasteiger partial charge is 0.493 e. The van der Waals surface area contributed by atoms with E-state index in [0.29, 0.717) is 36.3 Å². The molecule has 0 atom stereocenters. The number of hydrogen-bond donors (Lipinski definition) is 1. The van der Waals surface area contributed by atoms with Gasteiger partial charge < -0.3 is 24.4 Å². The number of rotatable bonds is 6. The van der Waals surface area contributed by atoms with Gasteiger partial charge in [0.25, 0.3) is 0 Å². The van der Waals surface area contributed by atoms with Crippen molar-refractivity contribution in [3.05, 3.63) is 18.2 Å². The Kier molecular flexibility index (Phi) is 6.38. The number of hydrogen-bond acceptors (Lipinski definition) is 4. The second-order valence-electron chi connectivity index (χ2n) is 5.74. The average Bonchev–Trinajstić information content (AvgIpc) is 2.58. The zero-order chi connectivity index (χ0) is 16.7. The van der Waals surface area contributed by atoms with E-state index in [0.717, 1.165) is 25.9 Å². The van der Waals surface area contributed by atoms with Crippen LogP contribution in [-0.2, 0) is 0 Å². The lowest BCUT2D eigenvalue weighted by Crippen LogP contribution is -2.45. The smallest absolute Gasteiger partial charge is 0.317 e. The molecule has 0 bridgehead atoms. The molecule has 1 aromatic carbocycles. The van der Waals surface area contributed by atoms with Crippen molar-refractivity contribution in [2.75, 3.05) is 40.5 Å². The number of nitrogens with one attached hydrogen (secondary N) is 1. The quantitative estimate of drug-likeness (QED) is 0.818. The first kappa shape index (κ1) is 17.2. The molecule has 6 heteroatoms. The van der Waals surface area contributed by atoms with Crippen LogP contribution in [0.25, 0.3) is 0 Å². The molecule has 23 heavy (non-hydrogen) atoms. The molecule has 128 valence electrons. The van der Waals surface area contributed by atoms with Crippen molar-refractivity contribution in [3.8, 4) is 17.2 Å². The highest BCUT2D eigenvalue weighted by atomic mass is 16.5. The molecule has 0 aliphatic carbocycles. The van der Waals surface area contributed by atoms with Gasteiger partial charge in [-0.1, -0.05) is 13.0 Å². The molecular formula is C17H26N2O4. The molecular weight excluding hydrogens is 296 g/mol. The third kappa shape index (κ3) is 4.68. The zero-order valence-corrected chi connectivity index (χ0v) is 14.1. The summed E-state index contributed by atoms with van der Waals surface area (Å²) in [7, 11) is 3.16. The van der Waals surface area contributed by atoms with E-state index in [9.17, 15) is 4.79 Å². The fourth-order valence-electron chi connectivity index (χ4n) is 2.61. The molecule has 0 saturated carbocycles. The maximum atomic E-state index is 12.1. The van der Waals surface area contributed by atoms with Crippen molar-refractivity contribution < 1.29 is 19.0 Å². The van der Waals surface area contributed by atoms with E-state index in [1.54, 1.807) is 14.2 Å². The monoisotopic (exact) mass is 322 g/mol. The molecule has 1 fully saturated rings. The van der Waals surface area contributed by atoms with Crippen LogP contribution >= 0.6 is 0 Å². The predicted octanol–water partition coefficient (Wildman–Crippen LogP) is 2.52. The number of ether oxygens (including phenoxy) is 3. The first-order valence-electron chi connectivity index (χ1n) is 8.02. The van der Waals surface area contributed by atoms with E-state index >= 15 is 0 Å². The fraction of sp³-hybridized carbons (Fsp3) is 0.588. The Morgan fingerprint density at radius 1 is 1.22 bits per heavy atom. The summed E-state index contributed by atoms with van der Waals surface area (Å²) in [6, 6.07) is 5.45. The Morgan fingerprint density at radius 3 is 2.57 bits per heavy atom. The molecule has 1 saturated heterocycles. The van der Waals surface area contributed by atoms with Crippen LogP contribution in [0.5, 0.6) is 17.2 Å². The topological polar surface area (TPSA) is 60.0 Å². The predicted molar refractivity (Wildman–Crippen MR) is 88.4 cm³/mol. The number of para-hydroxylation sites is 1. The molecule has 0 radical (unpaired) electrons. The molecule has 1 aliphatic heterocycles. The first-order valence-corrected chi connectivity index (χ1v) is 8.02. The van der Waals surface area contributed by atoms with Gasteiger partial charge in [0, 0.05) is 13.1 Å². The van der Waals surface area contributed by atoms with Crippen LogP contribution in [0, 0.1) is 5.92 Å². The first-order chi connectivity index (χ1) is 11.2. The summed E-state index contributed by atoms with van der Waals surface area (Å²) in [5.74, 6) is 2.50. The summed E-state index contributed by atoms with van der Waals surface area (Å²) >= 11 is 0. The van der Waals surface area contributed by atoms with Crippen molar-refractivity contribution in [3.63, 3.8) is 0 Å². The van der Waals surface area contributed by atoms with Crippen LogP contribution in [-0.4, -0.2) is 51.4 Å². The molecule has 2 amide bonds. The number of urea groups is 1. The van der Waals surface area contributed by atoms with Gasteiger partial charge in [-0.3, -0.25) is 0 Å². The second kappa shape index (κ2) is 8.50. The van der Waals surface area contributed by atoms with Crippen LogP contribution in [0.3, 0.4) is 0 Å². The minimum Gasteiger partial charge on any atom is -0.493 e. The van der Waals surface area contributed by atoms with Crippen LogP contribution < -0.4 is 19.5 Å². The van der Waals surface area contributed by atoms with E-state index in [-0.39, 0.29) is 6.03 Å². The third-order valence-corrected chi connectivity index (χ3v) is 4.07. The molecule has 0 spiro atoms. The van der Waals surface area contributed by atoms with Crippen LogP contribution in [0.15, 0.2) is 18.2 Å². The number of benzene rings is 1. The van der Waals surface area contributed by atoms with E-state index in [1.807, 2.05) is 23.1 Å². The lowest BCUT2D eigenvalue weighted by atomic mass is 10.00. The highest BCUT2D eigenvalue weighted by Crippen LogP contribution is 2.36. The van der Waals surface area contributed by atoms with E-state index in [1.165, 1.54) is 0 Å². The number of amides is 2. The summed E-state index contributed by atoms with van der Waals surface area (Å²) in [5.41, 5.74) is 0. The SMILES string of the molecule is COc1cccc(OCCNC(=O)N2CCC(C)CC2)c1OC. The number of piperidine rings is 1. The Hall–Kier alpha value is -2.11. The molecule has 1 N–H and O–H groups in total. The number of methoxy groups -OCH3 is 2. The molecule has 2 rings (SSSR count). The number of nitrogens with zero attached hydrogens (tertiary/aromatic N) is 1. The van der Waals surface area contributed by atoms with Crippen molar-refractivity contribution >= 4 is 6.03 Å². The molecule has 0 aromatic heterocycles. The minimum atomic E-state index is -0.0156. The fourth-order valence-corrected chi connectivity index (χ4v) is 2.61. The standard InChI is InChI=1S/C17H26N2O4/c1-13-7-10-19(11-8-13)17(20)18-9-12-23-15-6-4-5-14(21-2)16(15)22-3/h4-6,13H,7-12H2,1-3H3,(H,18,20). The Morgan fingerprint density at radius 2 is 1.91 bits per heavy atom. The Labute approximate surface area is 137 Å². The number of carbonyl (C=O) groups is 1. The molecule has 1 aliphatic rings. The van der Waals surface area contributed by atoms with Crippen molar-refractivity contribution in [2.24, 2.45) is 5.92 Å². The number of likely N-dealkylation sites (tertiary alicyclic amines) is 1. The van der Waals surface area contributed by atoms with E-state index in [4.69, 9.17) is 14.2 Å². The highest BCUT2D eigenvalue weighted by molar-refractivity contribution is 5.74.